The van der Waals surface area contributed by atoms with Gasteiger partial charge < -0.3 is 5.21 Å². The van der Waals surface area contributed by atoms with Gasteiger partial charge in [0.1, 0.15) is 0 Å². The maximum absolute atomic E-state index is 10.1. The molecule has 4 heteroatoms. The minimum Gasteiger partial charge on any atom is -0.418 e. The van der Waals surface area contributed by atoms with Crippen LogP contribution in [0.15, 0.2) is 24.3 Å². The Morgan fingerprint density at radius 2 is 1.91 bits per heavy atom. The van der Waals surface area contributed by atoms with E-state index in [0.717, 1.165) is 6.21 Å². The molecule has 1 aromatic rings. The number of hydrogen-bond acceptors (Lipinski definition) is 2. The molecule has 3 nitrogen and oxygen atoms in total. The first-order valence-corrected chi connectivity index (χ1v) is 3.32. The molecule has 0 aliphatic rings. The van der Waals surface area contributed by atoms with Gasteiger partial charge in [0, 0.05) is 15.5 Å². The van der Waals surface area contributed by atoms with Crippen molar-refractivity contribution in [2.24, 2.45) is 0 Å². The van der Waals surface area contributed by atoms with Crippen molar-refractivity contribution in [2.45, 2.75) is 0 Å². The van der Waals surface area contributed by atoms with Gasteiger partial charge in [-0.15, -0.1) is 0 Å². The molecule has 0 radical (unpaired) electrons. The second-order valence-corrected chi connectivity index (χ2v) is 2.42. The van der Waals surface area contributed by atoms with Crippen molar-refractivity contribution in [1.82, 2.24) is 0 Å². The lowest BCUT2D eigenvalue weighted by atomic mass is 10.2. The zero-order valence-corrected chi connectivity index (χ0v) is 6.32. The highest BCUT2D eigenvalue weighted by Gasteiger charge is 1.93. The third-order valence-electron chi connectivity index (χ3n) is 1.13. The van der Waals surface area contributed by atoms with Crippen molar-refractivity contribution in [3.63, 3.8) is 0 Å². The fraction of sp³-hybridized carbons (Fsp3) is 0. The Bertz CT molecular complexity index is 264. The molecule has 0 aromatic heterocycles. The van der Waals surface area contributed by atoms with Gasteiger partial charge in [-0.3, -0.25) is 5.21 Å². The zero-order valence-electron chi connectivity index (χ0n) is 5.57. The van der Waals surface area contributed by atoms with Gasteiger partial charge in [0.25, 0.3) is 0 Å². The SMILES string of the molecule is [O-]/[N+](O)=C/c1ccc(Cl)cc1. The van der Waals surface area contributed by atoms with Crippen LogP contribution in [-0.2, 0) is 0 Å². The Morgan fingerprint density at radius 3 is 2.36 bits per heavy atom. The van der Waals surface area contributed by atoms with Gasteiger partial charge in [0.2, 0.25) is 6.21 Å². The van der Waals surface area contributed by atoms with Crippen molar-refractivity contribution in [1.29, 1.82) is 0 Å². The van der Waals surface area contributed by atoms with Crippen LogP contribution in [0.3, 0.4) is 0 Å². The molecule has 0 aliphatic carbocycles. The Balaban J connectivity index is 2.91. The summed E-state index contributed by atoms with van der Waals surface area (Å²) in [5.41, 5.74) is 0.604. The summed E-state index contributed by atoms with van der Waals surface area (Å²) in [5.74, 6) is 0. The van der Waals surface area contributed by atoms with E-state index in [0.29, 0.717) is 10.6 Å². The third-order valence-corrected chi connectivity index (χ3v) is 1.38. The fourth-order valence-electron chi connectivity index (χ4n) is 0.676. The Hall–Kier alpha value is -1.22. The van der Waals surface area contributed by atoms with E-state index < -0.39 is 0 Å². The van der Waals surface area contributed by atoms with Crippen LogP contribution in [0.1, 0.15) is 5.56 Å². The maximum Gasteiger partial charge on any atom is 0.240 e. The van der Waals surface area contributed by atoms with Gasteiger partial charge in [0.05, 0.1) is 0 Å². The number of benzene rings is 1. The lowest BCUT2D eigenvalue weighted by Crippen LogP contribution is -1.97. The fourth-order valence-corrected chi connectivity index (χ4v) is 0.802. The summed E-state index contributed by atoms with van der Waals surface area (Å²) in [6.45, 7) is 0. The number of halogens is 1. The minimum atomic E-state index is -0.247. The van der Waals surface area contributed by atoms with Crippen LogP contribution < -0.4 is 0 Å². The average molecular weight is 172 g/mol. The van der Waals surface area contributed by atoms with E-state index in [1.54, 1.807) is 24.3 Å². The molecule has 0 aliphatic heterocycles. The quantitative estimate of drug-likeness (QED) is 0.302. The summed E-state index contributed by atoms with van der Waals surface area (Å²) in [4.78, 5) is -0.247. The topological polar surface area (TPSA) is 46.3 Å². The minimum absolute atomic E-state index is 0.247. The molecule has 0 saturated heterocycles. The summed E-state index contributed by atoms with van der Waals surface area (Å²) >= 11 is 5.58. The molecule has 0 atom stereocenters. The van der Waals surface area contributed by atoms with Crippen molar-refractivity contribution in [3.05, 3.63) is 40.1 Å². The lowest BCUT2D eigenvalue weighted by molar-refractivity contribution is -0.722. The highest BCUT2D eigenvalue weighted by molar-refractivity contribution is 6.30. The smallest absolute Gasteiger partial charge is 0.240 e. The van der Waals surface area contributed by atoms with Gasteiger partial charge in [-0.1, -0.05) is 11.6 Å². The van der Waals surface area contributed by atoms with E-state index in [-0.39, 0.29) is 4.90 Å². The lowest BCUT2D eigenvalue weighted by Gasteiger charge is -1.90. The van der Waals surface area contributed by atoms with Gasteiger partial charge in [-0.2, -0.15) is 0 Å². The predicted octanol–water partition coefficient (Wildman–Crippen LogP) is 1.66. The standard InChI is InChI=1S/C7H6ClNO2/c8-7-3-1-6(2-4-7)5-9(10)11/h1-5H,(H,10,11). The highest BCUT2D eigenvalue weighted by Crippen LogP contribution is 2.07. The monoisotopic (exact) mass is 171 g/mol. The van der Waals surface area contributed by atoms with Gasteiger partial charge in [0.15, 0.2) is 0 Å². The second-order valence-electron chi connectivity index (χ2n) is 1.98. The van der Waals surface area contributed by atoms with Gasteiger partial charge in [-0.25, -0.2) is 0 Å². The van der Waals surface area contributed by atoms with Crippen LogP contribution in [0, 0.1) is 5.21 Å². The van der Waals surface area contributed by atoms with Gasteiger partial charge in [-0.05, 0) is 24.3 Å². The summed E-state index contributed by atoms with van der Waals surface area (Å²) in [6, 6.07) is 6.53. The van der Waals surface area contributed by atoms with Crippen LogP contribution in [0.2, 0.25) is 5.02 Å². The molecule has 1 rings (SSSR count). The highest BCUT2D eigenvalue weighted by atomic mass is 35.5. The summed E-state index contributed by atoms with van der Waals surface area (Å²) in [7, 11) is 0. The Morgan fingerprint density at radius 1 is 1.36 bits per heavy atom. The molecule has 58 valence electrons. The van der Waals surface area contributed by atoms with E-state index in [1.165, 1.54) is 0 Å². The maximum atomic E-state index is 10.1. The van der Waals surface area contributed by atoms with Crippen molar-refractivity contribution < 1.29 is 10.1 Å². The van der Waals surface area contributed by atoms with Gasteiger partial charge >= 0.3 is 0 Å². The van der Waals surface area contributed by atoms with E-state index >= 15 is 0 Å². The molecule has 1 aromatic carbocycles. The average Bonchev–Trinajstić information content (AvgIpc) is 1.93. The van der Waals surface area contributed by atoms with Crippen LogP contribution in [-0.4, -0.2) is 16.3 Å². The zero-order chi connectivity index (χ0) is 8.27. The van der Waals surface area contributed by atoms with Crippen LogP contribution >= 0.6 is 11.6 Å². The largest absolute Gasteiger partial charge is 0.418 e. The first kappa shape index (κ1) is 7.88. The molecular formula is C7H6ClNO2. The first-order valence-electron chi connectivity index (χ1n) is 2.94. The Kier molecular flexibility index (Phi) is 2.33. The first-order chi connectivity index (χ1) is 5.18. The van der Waals surface area contributed by atoms with Crippen molar-refractivity contribution in [2.75, 3.05) is 0 Å². The second kappa shape index (κ2) is 3.25. The normalized spacial score (nSPS) is 11.5. The van der Waals surface area contributed by atoms with Crippen molar-refractivity contribution in [3.8, 4) is 0 Å². The molecule has 1 N–H and O–H groups in total. The molecule has 0 unspecified atom stereocenters. The molecular weight excluding hydrogens is 166 g/mol. The molecule has 0 bridgehead atoms. The van der Waals surface area contributed by atoms with Crippen LogP contribution in [0.4, 0.5) is 0 Å². The molecule has 11 heavy (non-hydrogen) atoms. The van der Waals surface area contributed by atoms with E-state index in [2.05, 4.69) is 0 Å². The van der Waals surface area contributed by atoms with E-state index in [9.17, 15) is 5.21 Å². The Labute approximate surface area is 68.7 Å². The molecule has 0 saturated carbocycles. The van der Waals surface area contributed by atoms with E-state index in [4.69, 9.17) is 16.8 Å². The molecule has 0 fully saturated rings. The summed E-state index contributed by atoms with van der Waals surface area (Å²) in [6.07, 6.45) is 1.04. The molecule has 0 heterocycles. The molecule has 0 amide bonds. The number of nitrogens with zero attached hydrogens (tertiary/aromatic N) is 1. The van der Waals surface area contributed by atoms with Crippen molar-refractivity contribution >= 4 is 17.8 Å². The number of rotatable bonds is 1. The summed E-state index contributed by atoms with van der Waals surface area (Å²) < 4.78 is 0. The van der Waals surface area contributed by atoms with E-state index in [1.807, 2.05) is 0 Å². The van der Waals surface area contributed by atoms with Crippen LogP contribution in [0.5, 0.6) is 0 Å². The molecule has 0 spiro atoms. The third kappa shape index (κ3) is 2.47. The predicted molar refractivity (Wildman–Crippen MR) is 42.0 cm³/mol. The number of hydrogen-bond donors (Lipinski definition) is 1. The van der Waals surface area contributed by atoms with Crippen LogP contribution in [0.25, 0.3) is 0 Å². The summed E-state index contributed by atoms with van der Waals surface area (Å²) in [5, 5.41) is 18.9.